The van der Waals surface area contributed by atoms with Gasteiger partial charge >= 0.3 is 6.09 Å². The smallest absolute Gasteiger partial charge is 0.407 e. The van der Waals surface area contributed by atoms with E-state index in [9.17, 15) is 10.1 Å². The monoisotopic (exact) mass is 376 g/mol. The maximum Gasteiger partial charge on any atom is 0.407 e. The molecule has 1 atom stereocenters. The van der Waals surface area contributed by atoms with Gasteiger partial charge in [-0.25, -0.2) is 4.79 Å². The lowest BCUT2D eigenvalue weighted by Crippen LogP contribution is -2.37. The van der Waals surface area contributed by atoms with E-state index >= 15 is 0 Å². The first-order valence-electron chi connectivity index (χ1n) is 9.46. The van der Waals surface area contributed by atoms with Crippen LogP contribution in [0.1, 0.15) is 36.4 Å². The summed E-state index contributed by atoms with van der Waals surface area (Å²) in [5.41, 5.74) is 5.09. The molecule has 1 amide bonds. The van der Waals surface area contributed by atoms with E-state index in [4.69, 9.17) is 4.74 Å². The summed E-state index contributed by atoms with van der Waals surface area (Å²) in [5.74, 6) is 0. The van der Waals surface area contributed by atoms with Gasteiger partial charge in [0.15, 0.2) is 0 Å². The quantitative estimate of drug-likeness (QED) is 0.755. The predicted molar refractivity (Wildman–Crippen MR) is 106 cm³/mol. The lowest BCUT2D eigenvalue weighted by molar-refractivity contribution is 0.112. The molecule has 28 heavy (non-hydrogen) atoms. The lowest BCUT2D eigenvalue weighted by Gasteiger charge is -2.16. The van der Waals surface area contributed by atoms with E-state index in [0.29, 0.717) is 12.1 Å². The van der Waals surface area contributed by atoms with Crippen LogP contribution in [0, 0.1) is 11.3 Å². The summed E-state index contributed by atoms with van der Waals surface area (Å²) < 4.78 is 7.48. The van der Waals surface area contributed by atoms with Crippen LogP contribution in [-0.2, 0) is 24.1 Å². The highest BCUT2D eigenvalue weighted by Crippen LogP contribution is 2.34. The predicted octanol–water partition coefficient (Wildman–Crippen LogP) is 3.56. The van der Waals surface area contributed by atoms with Crippen molar-refractivity contribution in [3.8, 4) is 6.07 Å². The molecule has 0 fully saturated rings. The van der Waals surface area contributed by atoms with Gasteiger partial charge in [0.1, 0.15) is 0 Å². The Morgan fingerprint density at radius 3 is 2.93 bits per heavy atom. The number of amides is 1. The van der Waals surface area contributed by atoms with Gasteiger partial charge in [-0.2, -0.15) is 5.26 Å². The third-order valence-electron chi connectivity index (χ3n) is 5.02. The minimum atomic E-state index is -0.386. The highest BCUT2D eigenvalue weighted by Gasteiger charge is 2.30. The number of benzene rings is 1. The van der Waals surface area contributed by atoms with Gasteiger partial charge in [-0.15, -0.1) is 0 Å². The Morgan fingerprint density at radius 2 is 2.21 bits per heavy atom. The first-order chi connectivity index (χ1) is 13.5. The summed E-state index contributed by atoms with van der Waals surface area (Å²) in [6.07, 6.45) is 2.71. The molecule has 6 heteroatoms. The molecule has 0 saturated heterocycles. The molecule has 142 valence electrons. The Morgan fingerprint density at radius 1 is 1.36 bits per heavy atom. The average Bonchev–Trinajstić information content (AvgIpc) is 3.19. The molecule has 0 bridgehead atoms. The molecular weight excluding hydrogens is 354 g/mol. The molecule has 1 aliphatic carbocycles. The number of carbonyl (C=O) groups excluding carboxylic acids is 1. The molecule has 1 aliphatic rings. The number of ether oxygens (including phenoxy) is 1. The summed E-state index contributed by atoms with van der Waals surface area (Å²) in [5, 5.41) is 13.4. The van der Waals surface area contributed by atoms with Gasteiger partial charge in [-0.05, 0) is 56.2 Å². The summed E-state index contributed by atoms with van der Waals surface area (Å²) in [6, 6.07) is 13.9. The lowest BCUT2D eigenvalue weighted by atomic mass is 10.1. The van der Waals surface area contributed by atoms with Gasteiger partial charge < -0.3 is 14.6 Å². The third kappa shape index (κ3) is 3.44. The van der Waals surface area contributed by atoms with Crippen molar-refractivity contribution in [2.75, 3.05) is 0 Å². The van der Waals surface area contributed by atoms with Crippen LogP contribution in [0.4, 0.5) is 4.79 Å². The summed E-state index contributed by atoms with van der Waals surface area (Å²) in [7, 11) is 0. The summed E-state index contributed by atoms with van der Waals surface area (Å²) >= 11 is 0. The van der Waals surface area contributed by atoms with Crippen LogP contribution in [0.3, 0.4) is 0 Å². The zero-order chi connectivity index (χ0) is 19.7. The molecular formula is C22H22N4O2. The summed E-state index contributed by atoms with van der Waals surface area (Å²) in [6.45, 7) is 4.32. The first-order valence-corrected chi connectivity index (χ1v) is 9.46. The summed E-state index contributed by atoms with van der Waals surface area (Å²) in [4.78, 5) is 16.5. The average molecular weight is 376 g/mol. The SMILES string of the molecule is CC(C)OC(=O)N[C@H]1Cc2c(n(Cc3ccccn3)c3ccc([14C]#N)cc23)C1. The van der Waals surface area contributed by atoms with Crippen molar-refractivity contribution in [2.45, 2.75) is 45.4 Å². The number of rotatable bonds is 4. The molecule has 3 aromatic rings. The molecule has 4 rings (SSSR count). The van der Waals surface area contributed by atoms with Crippen molar-refractivity contribution in [1.29, 1.82) is 5.26 Å². The van der Waals surface area contributed by atoms with Crippen molar-refractivity contribution in [1.82, 2.24) is 14.9 Å². The van der Waals surface area contributed by atoms with Crippen LogP contribution in [0.25, 0.3) is 10.9 Å². The number of carbonyl (C=O) groups is 1. The van der Waals surface area contributed by atoms with Crippen LogP contribution < -0.4 is 5.32 Å². The Kier molecular flexibility index (Phi) is 4.74. The number of nitrogens with one attached hydrogen (secondary N) is 1. The van der Waals surface area contributed by atoms with Gasteiger partial charge in [0.05, 0.1) is 30.0 Å². The Bertz CT molecular complexity index is 1060. The molecule has 0 unspecified atom stereocenters. The topological polar surface area (TPSA) is 79.9 Å². The minimum Gasteiger partial charge on any atom is -0.447 e. The van der Waals surface area contributed by atoms with Gasteiger partial charge in [0.2, 0.25) is 0 Å². The van der Waals surface area contributed by atoms with Gasteiger partial charge in [0, 0.05) is 35.3 Å². The number of pyridine rings is 1. The number of alkyl carbamates (subject to hydrolysis) is 1. The molecule has 6 nitrogen and oxygen atoms in total. The fraction of sp³-hybridized carbons (Fsp3) is 0.318. The van der Waals surface area contributed by atoms with E-state index in [1.165, 1.54) is 11.3 Å². The van der Waals surface area contributed by atoms with E-state index in [-0.39, 0.29) is 18.2 Å². The number of nitrogens with zero attached hydrogens (tertiary/aromatic N) is 3. The van der Waals surface area contributed by atoms with Crippen molar-refractivity contribution >= 4 is 17.0 Å². The van der Waals surface area contributed by atoms with Crippen molar-refractivity contribution in [2.24, 2.45) is 0 Å². The van der Waals surface area contributed by atoms with Crippen LogP contribution in [-0.4, -0.2) is 27.8 Å². The number of hydrogen-bond donors (Lipinski definition) is 1. The van der Waals surface area contributed by atoms with Gasteiger partial charge in [-0.3, -0.25) is 4.98 Å². The van der Waals surface area contributed by atoms with Gasteiger partial charge in [0.25, 0.3) is 0 Å². The molecule has 0 aliphatic heterocycles. The first kappa shape index (κ1) is 18.1. The van der Waals surface area contributed by atoms with Crippen LogP contribution >= 0.6 is 0 Å². The number of nitriles is 1. The molecule has 0 spiro atoms. The zero-order valence-corrected chi connectivity index (χ0v) is 16.0. The molecule has 1 aromatic carbocycles. The van der Waals surface area contributed by atoms with Crippen molar-refractivity contribution < 1.29 is 9.53 Å². The molecule has 2 aromatic heterocycles. The van der Waals surface area contributed by atoms with E-state index in [1.54, 1.807) is 6.20 Å². The largest absolute Gasteiger partial charge is 0.447 e. The van der Waals surface area contributed by atoms with Crippen LogP contribution in [0.2, 0.25) is 0 Å². The highest BCUT2D eigenvalue weighted by atomic mass is 16.6. The van der Waals surface area contributed by atoms with E-state index in [0.717, 1.165) is 29.4 Å². The standard InChI is InChI=1S/C22H22N4O2/c1-14(2)28-22(27)25-17-10-19-18-9-15(12-23)6-7-20(18)26(21(19)11-17)13-16-5-3-4-8-24-16/h3-9,14,17H,10-11,13H2,1-2H3,(H,25,27)/t17-/m0/s1/i12+2. The number of hydrogen-bond acceptors (Lipinski definition) is 4. The number of aromatic nitrogens is 2. The molecule has 0 saturated carbocycles. The second-order valence-electron chi connectivity index (χ2n) is 7.38. The van der Waals surface area contributed by atoms with Crippen molar-refractivity contribution in [3.63, 3.8) is 0 Å². The Hall–Kier alpha value is -3.33. The van der Waals surface area contributed by atoms with Gasteiger partial charge in [-0.1, -0.05) is 6.07 Å². The second-order valence-corrected chi connectivity index (χ2v) is 7.38. The second kappa shape index (κ2) is 7.35. The van der Waals surface area contributed by atoms with E-state index in [1.807, 2.05) is 50.2 Å². The Labute approximate surface area is 163 Å². The zero-order valence-electron chi connectivity index (χ0n) is 16.0. The fourth-order valence-electron chi connectivity index (χ4n) is 3.91. The highest BCUT2D eigenvalue weighted by molar-refractivity contribution is 5.88. The van der Waals surface area contributed by atoms with Crippen molar-refractivity contribution in [3.05, 3.63) is 65.1 Å². The maximum absolute atomic E-state index is 12.0. The molecule has 1 N–H and O–H groups in total. The fourth-order valence-corrected chi connectivity index (χ4v) is 3.91. The third-order valence-corrected chi connectivity index (χ3v) is 5.02. The molecule has 0 radical (unpaired) electrons. The Balaban J connectivity index is 1.69. The van der Waals surface area contributed by atoms with E-state index < -0.39 is 0 Å². The maximum atomic E-state index is 12.0. The van der Waals surface area contributed by atoms with E-state index in [2.05, 4.69) is 20.9 Å². The van der Waals surface area contributed by atoms with Crippen LogP contribution in [0.5, 0.6) is 0 Å². The number of fused-ring (bicyclic) bond motifs is 3. The minimum absolute atomic E-state index is 0.0126. The molecule has 2 heterocycles. The van der Waals surface area contributed by atoms with Crippen LogP contribution in [0.15, 0.2) is 42.6 Å². The normalized spacial score (nSPS) is 15.4.